The molecule has 9 heteroatoms. The van der Waals surface area contributed by atoms with Crippen LogP contribution in [-0.2, 0) is 25.5 Å². The molecule has 0 bridgehead atoms. The summed E-state index contributed by atoms with van der Waals surface area (Å²) in [6.07, 6.45) is 0.649. The lowest BCUT2D eigenvalue weighted by Gasteiger charge is -2.17. The molecule has 0 aliphatic carbocycles. The zero-order valence-electron chi connectivity index (χ0n) is 19.5. The van der Waals surface area contributed by atoms with Gasteiger partial charge in [0, 0.05) is 19.5 Å². The molecule has 1 N–H and O–H groups in total. The molecule has 1 fully saturated rings. The van der Waals surface area contributed by atoms with Crippen molar-refractivity contribution in [3.05, 3.63) is 59.4 Å². The van der Waals surface area contributed by atoms with Crippen LogP contribution in [-0.4, -0.2) is 56.6 Å². The van der Waals surface area contributed by atoms with Crippen molar-refractivity contribution in [2.45, 2.75) is 25.8 Å². The van der Waals surface area contributed by atoms with Crippen LogP contribution in [0.2, 0.25) is 0 Å². The second-order valence-electron chi connectivity index (χ2n) is 8.13. The van der Waals surface area contributed by atoms with Gasteiger partial charge in [0.25, 0.3) is 5.91 Å². The first-order valence-electron chi connectivity index (χ1n) is 11.0. The number of carbonyl (C=O) groups excluding carboxylic acids is 3. The average Bonchev–Trinajstić information content (AvgIpc) is 3.21. The second kappa shape index (κ2) is 11.5. The van der Waals surface area contributed by atoms with Crippen LogP contribution >= 0.6 is 0 Å². The van der Waals surface area contributed by atoms with Crippen LogP contribution in [0.4, 0.5) is 4.39 Å². The molecule has 182 valence electrons. The quantitative estimate of drug-likeness (QED) is 0.535. The standard InChI is InChI=1S/C25H29FN2O6/c1-16(18-5-7-20(26)8-6-18)27-23(29)15-34-25(31)19-13-24(30)28(14-19)11-10-17-4-9-21(32-2)22(12-17)33-3/h4-9,12,16,19H,10-11,13-15H2,1-3H3,(H,27,29)/t16-,19+/m0/s1. The number of hydrogen-bond acceptors (Lipinski definition) is 6. The normalized spacial score (nSPS) is 16.2. The Morgan fingerprint density at radius 2 is 1.82 bits per heavy atom. The van der Waals surface area contributed by atoms with Crippen molar-refractivity contribution in [2.75, 3.05) is 33.9 Å². The van der Waals surface area contributed by atoms with Gasteiger partial charge in [-0.2, -0.15) is 0 Å². The number of esters is 1. The van der Waals surface area contributed by atoms with Crippen LogP contribution < -0.4 is 14.8 Å². The SMILES string of the molecule is COc1ccc(CCN2C[C@H](C(=O)OCC(=O)N[C@@H](C)c3ccc(F)cc3)CC2=O)cc1OC. The summed E-state index contributed by atoms with van der Waals surface area (Å²) in [6.45, 7) is 2.01. The summed E-state index contributed by atoms with van der Waals surface area (Å²) in [7, 11) is 3.13. The highest BCUT2D eigenvalue weighted by Gasteiger charge is 2.35. The minimum absolute atomic E-state index is 0.0539. The summed E-state index contributed by atoms with van der Waals surface area (Å²) in [4.78, 5) is 38.5. The smallest absolute Gasteiger partial charge is 0.311 e. The lowest BCUT2D eigenvalue weighted by molar-refractivity contribution is -0.152. The number of hydrogen-bond donors (Lipinski definition) is 1. The highest BCUT2D eigenvalue weighted by atomic mass is 19.1. The number of benzene rings is 2. The summed E-state index contributed by atoms with van der Waals surface area (Å²) in [5.41, 5.74) is 1.70. The molecular formula is C25H29FN2O6. The summed E-state index contributed by atoms with van der Waals surface area (Å²) < 4.78 is 28.7. The number of likely N-dealkylation sites (tertiary alicyclic amines) is 1. The van der Waals surface area contributed by atoms with Crippen molar-refractivity contribution >= 4 is 17.8 Å². The first-order valence-corrected chi connectivity index (χ1v) is 11.0. The first kappa shape index (κ1) is 25.0. The summed E-state index contributed by atoms with van der Waals surface area (Å²) in [6, 6.07) is 11.0. The molecule has 1 aliphatic rings. The lowest BCUT2D eigenvalue weighted by atomic mass is 10.1. The van der Waals surface area contributed by atoms with Gasteiger partial charge in [0.2, 0.25) is 5.91 Å². The van der Waals surface area contributed by atoms with Crippen LogP contribution in [0.25, 0.3) is 0 Å². The van der Waals surface area contributed by atoms with E-state index in [2.05, 4.69) is 5.32 Å². The highest BCUT2D eigenvalue weighted by Crippen LogP contribution is 2.28. The Hall–Kier alpha value is -3.62. The zero-order valence-corrected chi connectivity index (χ0v) is 19.5. The Labute approximate surface area is 198 Å². The van der Waals surface area contributed by atoms with Crippen LogP contribution in [0.1, 0.15) is 30.5 Å². The molecule has 0 spiro atoms. The molecule has 1 saturated heterocycles. The van der Waals surface area contributed by atoms with Gasteiger partial charge in [-0.15, -0.1) is 0 Å². The molecule has 2 aromatic rings. The van der Waals surface area contributed by atoms with Gasteiger partial charge in [-0.3, -0.25) is 14.4 Å². The van der Waals surface area contributed by atoms with E-state index >= 15 is 0 Å². The number of methoxy groups -OCH3 is 2. The predicted molar refractivity (Wildman–Crippen MR) is 122 cm³/mol. The van der Waals surface area contributed by atoms with E-state index < -0.39 is 24.4 Å². The van der Waals surface area contributed by atoms with Crippen LogP contribution in [0, 0.1) is 11.7 Å². The molecule has 8 nitrogen and oxygen atoms in total. The maximum Gasteiger partial charge on any atom is 0.311 e. The number of nitrogens with one attached hydrogen (secondary N) is 1. The monoisotopic (exact) mass is 472 g/mol. The van der Waals surface area contributed by atoms with Gasteiger partial charge in [-0.25, -0.2) is 4.39 Å². The summed E-state index contributed by atoms with van der Waals surface area (Å²) in [5.74, 6) is -0.910. The molecule has 0 unspecified atom stereocenters. The van der Waals surface area contributed by atoms with Crippen molar-refractivity contribution in [3.8, 4) is 11.5 Å². The zero-order chi connectivity index (χ0) is 24.7. The summed E-state index contributed by atoms with van der Waals surface area (Å²) >= 11 is 0. The molecule has 2 amide bonds. The van der Waals surface area contributed by atoms with Crippen molar-refractivity contribution in [3.63, 3.8) is 0 Å². The Morgan fingerprint density at radius 1 is 1.12 bits per heavy atom. The minimum Gasteiger partial charge on any atom is -0.493 e. The number of nitrogens with zero attached hydrogens (tertiary/aromatic N) is 1. The van der Waals surface area contributed by atoms with Crippen LogP contribution in [0.3, 0.4) is 0 Å². The molecule has 34 heavy (non-hydrogen) atoms. The van der Waals surface area contributed by atoms with Gasteiger partial charge in [-0.05, 0) is 48.7 Å². The fraction of sp³-hybridized carbons (Fsp3) is 0.400. The first-order chi connectivity index (χ1) is 16.3. The number of ether oxygens (including phenoxy) is 3. The van der Waals surface area contributed by atoms with Gasteiger partial charge in [0.1, 0.15) is 5.82 Å². The van der Waals surface area contributed by atoms with E-state index in [1.807, 2.05) is 18.2 Å². The Bertz CT molecular complexity index is 1030. The van der Waals surface area contributed by atoms with Gasteiger partial charge in [0.05, 0.1) is 26.2 Å². The molecule has 2 aromatic carbocycles. The topological polar surface area (TPSA) is 94.2 Å². The fourth-order valence-electron chi connectivity index (χ4n) is 3.82. The molecule has 0 aromatic heterocycles. The fourth-order valence-corrected chi connectivity index (χ4v) is 3.82. The van der Waals surface area contributed by atoms with Gasteiger partial charge < -0.3 is 24.4 Å². The third-order valence-corrected chi connectivity index (χ3v) is 5.76. The van der Waals surface area contributed by atoms with Gasteiger partial charge in [-0.1, -0.05) is 18.2 Å². The van der Waals surface area contributed by atoms with Crippen molar-refractivity contribution in [2.24, 2.45) is 5.92 Å². The van der Waals surface area contributed by atoms with E-state index in [1.54, 1.807) is 38.2 Å². The molecule has 1 aliphatic heterocycles. The van der Waals surface area contributed by atoms with Crippen molar-refractivity contribution < 1.29 is 33.0 Å². The third-order valence-electron chi connectivity index (χ3n) is 5.76. The molecular weight excluding hydrogens is 443 g/mol. The minimum atomic E-state index is -0.611. The van der Waals surface area contributed by atoms with Crippen molar-refractivity contribution in [1.82, 2.24) is 10.2 Å². The molecule has 0 saturated carbocycles. The van der Waals surface area contributed by atoms with E-state index in [0.29, 0.717) is 24.5 Å². The second-order valence-corrected chi connectivity index (χ2v) is 8.13. The lowest BCUT2D eigenvalue weighted by Crippen LogP contribution is -2.33. The van der Waals surface area contributed by atoms with Crippen LogP contribution in [0.5, 0.6) is 11.5 Å². The van der Waals surface area contributed by atoms with Gasteiger partial charge >= 0.3 is 5.97 Å². The van der Waals surface area contributed by atoms with Crippen LogP contribution in [0.15, 0.2) is 42.5 Å². The number of carbonyl (C=O) groups is 3. The average molecular weight is 473 g/mol. The van der Waals surface area contributed by atoms with E-state index in [9.17, 15) is 18.8 Å². The maximum atomic E-state index is 13.0. The predicted octanol–water partition coefficient (Wildman–Crippen LogP) is 2.65. The highest BCUT2D eigenvalue weighted by molar-refractivity contribution is 5.88. The number of rotatable bonds is 10. The van der Waals surface area contributed by atoms with E-state index in [4.69, 9.17) is 14.2 Å². The molecule has 1 heterocycles. The summed E-state index contributed by atoms with van der Waals surface area (Å²) in [5, 5.41) is 2.70. The largest absolute Gasteiger partial charge is 0.493 e. The third kappa shape index (κ3) is 6.46. The molecule has 0 radical (unpaired) electrons. The number of halogens is 1. The molecule has 3 rings (SSSR count). The van der Waals surface area contributed by atoms with Crippen molar-refractivity contribution in [1.29, 1.82) is 0 Å². The van der Waals surface area contributed by atoms with E-state index in [-0.39, 0.29) is 30.7 Å². The Balaban J connectivity index is 1.44. The van der Waals surface area contributed by atoms with E-state index in [0.717, 1.165) is 11.1 Å². The van der Waals surface area contributed by atoms with E-state index in [1.165, 1.54) is 12.1 Å². The van der Waals surface area contributed by atoms with Gasteiger partial charge in [0.15, 0.2) is 18.1 Å². The number of amides is 2. The Morgan fingerprint density at radius 3 is 2.50 bits per heavy atom. The Kier molecular flexibility index (Phi) is 8.45. The maximum absolute atomic E-state index is 13.0. The molecule has 2 atom stereocenters.